The normalized spacial score (nSPS) is 10.1. The van der Waals surface area contributed by atoms with Gasteiger partial charge in [-0.25, -0.2) is 9.80 Å². The molecular weight excluding hydrogens is 376 g/mol. The van der Waals surface area contributed by atoms with Crippen LogP contribution >= 0.6 is 0 Å². The molecule has 0 aliphatic rings. The molecule has 0 aliphatic carbocycles. The van der Waals surface area contributed by atoms with E-state index in [1.54, 1.807) is 12.1 Å². The number of aryl methyl sites for hydroxylation is 4. The van der Waals surface area contributed by atoms with E-state index in [1.165, 1.54) is 0 Å². The maximum Gasteiger partial charge on any atom is 0.240 e. The molecule has 0 fully saturated rings. The van der Waals surface area contributed by atoms with Crippen LogP contribution in [0.3, 0.4) is 0 Å². The van der Waals surface area contributed by atoms with Gasteiger partial charge in [0, 0.05) is 12.8 Å². The van der Waals surface area contributed by atoms with Gasteiger partial charge in [0.25, 0.3) is 0 Å². The van der Waals surface area contributed by atoms with E-state index >= 15 is 0 Å². The molecule has 0 N–H and O–H groups in total. The summed E-state index contributed by atoms with van der Waals surface area (Å²) in [4.78, 5) is 27.2. The summed E-state index contributed by atoms with van der Waals surface area (Å²) in [6.45, 7) is 7.63. The molecule has 2 amide bonds. The van der Waals surface area contributed by atoms with Crippen LogP contribution in [0.25, 0.3) is 0 Å². The maximum absolute atomic E-state index is 12.5. The van der Waals surface area contributed by atoms with Crippen molar-refractivity contribution < 1.29 is 9.59 Å². The second-order valence-electron chi connectivity index (χ2n) is 7.45. The number of nitriles is 2. The second-order valence-corrected chi connectivity index (χ2v) is 7.45. The van der Waals surface area contributed by atoms with Crippen LogP contribution in [-0.4, -0.2) is 11.8 Å². The molecule has 0 saturated carbocycles. The summed E-state index contributed by atoms with van der Waals surface area (Å²) in [6.07, 6.45) is 5.14. The molecule has 0 atom stereocenters. The number of nitrogens with zero attached hydrogens (tertiary/aromatic N) is 4. The quantitative estimate of drug-likeness (QED) is 0.378. The van der Waals surface area contributed by atoms with Gasteiger partial charge in [-0.15, -0.1) is 0 Å². The molecule has 0 radical (unpaired) electrons. The average Bonchev–Trinajstić information content (AvgIpc) is 2.69. The largest absolute Gasteiger partial charge is 0.273 e. The third-order valence-electron chi connectivity index (χ3n) is 4.92. The lowest BCUT2D eigenvalue weighted by molar-refractivity contribution is -0.119. The number of carbonyl (C=O) groups excluding carboxylic acids is 2. The van der Waals surface area contributed by atoms with E-state index in [0.29, 0.717) is 24.2 Å². The average molecular weight is 402 g/mol. The number of amides is 2. The summed E-state index contributed by atoms with van der Waals surface area (Å²) >= 11 is 0. The lowest BCUT2D eigenvalue weighted by Gasteiger charge is -2.17. The Balaban J connectivity index is 1.93. The monoisotopic (exact) mass is 402 g/mol. The van der Waals surface area contributed by atoms with E-state index in [1.807, 2.05) is 64.3 Å². The number of carbonyl (C=O) groups is 2. The Morgan fingerprint density at radius 3 is 1.40 bits per heavy atom. The predicted molar refractivity (Wildman–Crippen MR) is 116 cm³/mol. The van der Waals surface area contributed by atoms with Crippen LogP contribution < -0.4 is 9.80 Å². The lowest BCUT2D eigenvalue weighted by atomic mass is 10.1. The Bertz CT molecular complexity index is 947. The summed E-state index contributed by atoms with van der Waals surface area (Å²) < 4.78 is 0. The standard InChI is InChI=1S/C24H26N4O2/c1-17-9-11-21(19(3)13-17)27(15-25)23(29)7-5-6-8-24(30)28(16-26)22-12-10-18(2)14-20(22)4/h9-14H,5-8H2,1-4H3. The van der Waals surface area contributed by atoms with E-state index in [2.05, 4.69) is 0 Å². The molecule has 30 heavy (non-hydrogen) atoms. The SMILES string of the molecule is Cc1ccc(N(C#N)C(=O)CCCCC(=O)N(C#N)c2ccc(C)cc2C)c(C)c1. The van der Waals surface area contributed by atoms with Gasteiger partial charge in [0.1, 0.15) is 0 Å². The van der Waals surface area contributed by atoms with E-state index in [9.17, 15) is 20.1 Å². The van der Waals surface area contributed by atoms with Gasteiger partial charge in [-0.2, -0.15) is 10.5 Å². The van der Waals surface area contributed by atoms with Crippen molar-refractivity contribution in [1.82, 2.24) is 0 Å². The molecular formula is C24H26N4O2. The number of hydrogen-bond donors (Lipinski definition) is 0. The lowest BCUT2D eigenvalue weighted by Crippen LogP contribution is -2.27. The first-order valence-electron chi connectivity index (χ1n) is 9.88. The summed E-state index contributed by atoms with van der Waals surface area (Å²) in [5.74, 6) is -0.605. The summed E-state index contributed by atoms with van der Waals surface area (Å²) in [6, 6.07) is 11.1. The highest BCUT2D eigenvalue weighted by Gasteiger charge is 2.19. The van der Waals surface area contributed by atoms with E-state index < -0.39 is 0 Å². The highest BCUT2D eigenvalue weighted by atomic mass is 16.2. The van der Waals surface area contributed by atoms with Crippen LogP contribution in [0.5, 0.6) is 0 Å². The van der Waals surface area contributed by atoms with Gasteiger partial charge in [0.05, 0.1) is 11.4 Å². The van der Waals surface area contributed by atoms with Gasteiger partial charge in [0.2, 0.25) is 11.8 Å². The minimum absolute atomic E-state index is 0.157. The molecule has 2 aromatic rings. The molecule has 0 heterocycles. The number of hydrogen-bond acceptors (Lipinski definition) is 4. The van der Waals surface area contributed by atoms with Crippen LogP contribution in [0.2, 0.25) is 0 Å². The molecule has 2 rings (SSSR count). The molecule has 0 bridgehead atoms. The van der Waals surface area contributed by atoms with Crippen molar-refractivity contribution in [2.75, 3.05) is 9.80 Å². The first-order valence-corrected chi connectivity index (χ1v) is 9.88. The van der Waals surface area contributed by atoms with Gasteiger partial charge in [0.15, 0.2) is 12.4 Å². The van der Waals surface area contributed by atoms with Crippen LogP contribution in [-0.2, 0) is 9.59 Å². The Morgan fingerprint density at radius 1 is 0.733 bits per heavy atom. The maximum atomic E-state index is 12.5. The van der Waals surface area contributed by atoms with Crippen molar-refractivity contribution >= 4 is 23.2 Å². The van der Waals surface area contributed by atoms with Crippen LogP contribution in [0.1, 0.15) is 47.9 Å². The topological polar surface area (TPSA) is 88.2 Å². The molecule has 0 aliphatic heterocycles. The Hall–Kier alpha value is -3.64. The molecule has 0 spiro atoms. The molecule has 0 unspecified atom stereocenters. The molecule has 6 nitrogen and oxygen atoms in total. The fourth-order valence-corrected chi connectivity index (χ4v) is 3.38. The van der Waals surface area contributed by atoms with Gasteiger partial charge < -0.3 is 0 Å². The summed E-state index contributed by atoms with van der Waals surface area (Å²) in [7, 11) is 0. The zero-order chi connectivity index (χ0) is 22.3. The Morgan fingerprint density at radius 2 is 1.10 bits per heavy atom. The third-order valence-corrected chi connectivity index (χ3v) is 4.92. The van der Waals surface area contributed by atoms with E-state index in [4.69, 9.17) is 0 Å². The molecule has 0 aromatic heterocycles. The minimum Gasteiger partial charge on any atom is -0.273 e. The molecule has 2 aromatic carbocycles. The minimum atomic E-state index is -0.302. The summed E-state index contributed by atoms with van der Waals surface area (Å²) in [5, 5.41) is 18.8. The number of rotatable bonds is 7. The number of unbranched alkanes of at least 4 members (excludes halogenated alkanes) is 1. The van der Waals surface area contributed by atoms with Crippen LogP contribution in [0, 0.1) is 50.6 Å². The fourth-order valence-electron chi connectivity index (χ4n) is 3.38. The molecule has 154 valence electrons. The van der Waals surface area contributed by atoms with Gasteiger partial charge >= 0.3 is 0 Å². The van der Waals surface area contributed by atoms with Gasteiger partial charge in [-0.05, 0) is 63.8 Å². The zero-order valence-corrected chi connectivity index (χ0v) is 17.9. The van der Waals surface area contributed by atoms with Crippen molar-refractivity contribution in [3.05, 3.63) is 58.7 Å². The first kappa shape index (κ1) is 22.6. The Kier molecular flexibility index (Phi) is 7.72. The molecule has 6 heteroatoms. The van der Waals surface area contributed by atoms with Crippen molar-refractivity contribution in [3.8, 4) is 12.4 Å². The fraction of sp³-hybridized carbons (Fsp3) is 0.333. The molecule has 0 saturated heterocycles. The van der Waals surface area contributed by atoms with E-state index in [-0.39, 0.29) is 24.7 Å². The Labute approximate surface area is 177 Å². The van der Waals surface area contributed by atoms with Crippen molar-refractivity contribution in [2.45, 2.75) is 53.4 Å². The number of anilines is 2. The summed E-state index contributed by atoms with van der Waals surface area (Å²) in [5.41, 5.74) is 5.00. The first-order chi connectivity index (χ1) is 14.3. The van der Waals surface area contributed by atoms with Crippen LogP contribution in [0.4, 0.5) is 11.4 Å². The number of benzene rings is 2. The van der Waals surface area contributed by atoms with Gasteiger partial charge in [-0.3, -0.25) is 9.59 Å². The van der Waals surface area contributed by atoms with Crippen LogP contribution in [0.15, 0.2) is 36.4 Å². The highest BCUT2D eigenvalue weighted by Crippen LogP contribution is 2.23. The zero-order valence-electron chi connectivity index (χ0n) is 17.9. The second kappa shape index (κ2) is 10.2. The predicted octanol–water partition coefficient (Wildman–Crippen LogP) is 4.81. The third kappa shape index (κ3) is 5.46. The van der Waals surface area contributed by atoms with Crippen molar-refractivity contribution in [2.24, 2.45) is 0 Å². The van der Waals surface area contributed by atoms with Crippen molar-refractivity contribution in [3.63, 3.8) is 0 Å². The van der Waals surface area contributed by atoms with Crippen molar-refractivity contribution in [1.29, 1.82) is 10.5 Å². The van der Waals surface area contributed by atoms with E-state index in [0.717, 1.165) is 32.1 Å². The van der Waals surface area contributed by atoms with Gasteiger partial charge in [-0.1, -0.05) is 35.4 Å². The highest BCUT2D eigenvalue weighted by molar-refractivity contribution is 5.97. The smallest absolute Gasteiger partial charge is 0.240 e.